The maximum Gasteiger partial charge on any atom is 0.241 e. The van der Waals surface area contributed by atoms with Gasteiger partial charge in [-0.15, -0.1) is 0 Å². The van der Waals surface area contributed by atoms with Crippen LogP contribution < -0.4 is 4.72 Å². The van der Waals surface area contributed by atoms with Gasteiger partial charge in [-0.2, -0.15) is 20.1 Å². The summed E-state index contributed by atoms with van der Waals surface area (Å²) in [6.45, 7) is 0.730. The molecule has 0 aliphatic carbocycles. The number of H-pyrrole nitrogens is 1. The number of hydrogen-bond donors (Lipinski definition) is 2. The Morgan fingerprint density at radius 2 is 1.89 bits per heavy atom. The van der Waals surface area contributed by atoms with E-state index in [0.29, 0.717) is 30.5 Å². The zero-order chi connectivity index (χ0) is 19.0. The van der Waals surface area contributed by atoms with E-state index in [1.54, 1.807) is 23.1 Å². The molecule has 1 atom stereocenters. The van der Waals surface area contributed by atoms with Crippen molar-refractivity contribution < 1.29 is 17.6 Å². The van der Waals surface area contributed by atoms with Crippen LogP contribution in [0.25, 0.3) is 11.0 Å². The topological polar surface area (TPSA) is 108 Å². The molecule has 1 saturated heterocycles. The van der Waals surface area contributed by atoms with Crippen LogP contribution in [0.4, 0.5) is 4.39 Å². The highest BCUT2D eigenvalue weighted by molar-refractivity contribution is 7.89. The molecule has 0 bridgehead atoms. The van der Waals surface area contributed by atoms with E-state index in [0.717, 1.165) is 5.56 Å². The lowest BCUT2D eigenvalue weighted by Crippen LogP contribution is -2.41. The first-order chi connectivity index (χ1) is 12.9. The van der Waals surface area contributed by atoms with Crippen LogP contribution in [0.2, 0.25) is 0 Å². The van der Waals surface area contributed by atoms with Gasteiger partial charge in [0.2, 0.25) is 15.9 Å². The van der Waals surface area contributed by atoms with Gasteiger partial charge in [0.1, 0.15) is 22.9 Å². The van der Waals surface area contributed by atoms with Crippen LogP contribution in [0, 0.1) is 5.82 Å². The summed E-state index contributed by atoms with van der Waals surface area (Å²) in [6, 6.07) is 9.40. The Morgan fingerprint density at radius 1 is 1.15 bits per heavy atom. The van der Waals surface area contributed by atoms with E-state index in [9.17, 15) is 17.6 Å². The normalized spacial score (nSPS) is 17.7. The second-order valence-corrected chi connectivity index (χ2v) is 8.04. The number of sulfonamides is 1. The molecule has 140 valence electrons. The fourth-order valence-electron chi connectivity index (χ4n) is 3.06. The van der Waals surface area contributed by atoms with Crippen LogP contribution in [0.3, 0.4) is 0 Å². The Bertz CT molecular complexity index is 1100. The zero-order valence-corrected chi connectivity index (χ0v) is 14.9. The molecule has 8 nitrogen and oxygen atoms in total. The molecule has 27 heavy (non-hydrogen) atoms. The zero-order valence-electron chi connectivity index (χ0n) is 14.1. The highest BCUT2D eigenvalue weighted by Crippen LogP contribution is 2.20. The molecular formula is C17H16FN5O3S. The number of nitrogens with one attached hydrogen (secondary N) is 2. The number of fused-ring (bicyclic) bond motifs is 1. The molecule has 2 heterocycles. The number of halogens is 1. The predicted octanol–water partition coefficient (Wildman–Crippen LogP) is 1.18. The van der Waals surface area contributed by atoms with E-state index in [1.165, 1.54) is 24.3 Å². The summed E-state index contributed by atoms with van der Waals surface area (Å²) in [5.41, 5.74) is 1.76. The summed E-state index contributed by atoms with van der Waals surface area (Å²) in [4.78, 5) is 14.1. The predicted molar refractivity (Wildman–Crippen MR) is 94.4 cm³/mol. The Hall–Kier alpha value is -2.85. The Balaban J connectivity index is 1.47. The van der Waals surface area contributed by atoms with Gasteiger partial charge in [0, 0.05) is 13.1 Å². The van der Waals surface area contributed by atoms with Gasteiger partial charge in [-0.25, -0.2) is 12.8 Å². The van der Waals surface area contributed by atoms with E-state index in [1.807, 2.05) is 0 Å². The van der Waals surface area contributed by atoms with E-state index in [4.69, 9.17) is 0 Å². The van der Waals surface area contributed by atoms with Crippen molar-refractivity contribution in [2.24, 2.45) is 0 Å². The second kappa shape index (κ2) is 6.71. The number of rotatable bonds is 5. The van der Waals surface area contributed by atoms with Gasteiger partial charge in [-0.1, -0.05) is 12.1 Å². The molecule has 2 N–H and O–H groups in total. The van der Waals surface area contributed by atoms with Crippen LogP contribution in [0.5, 0.6) is 0 Å². The minimum Gasteiger partial charge on any atom is -0.337 e. The Morgan fingerprint density at radius 3 is 2.67 bits per heavy atom. The fourth-order valence-corrected chi connectivity index (χ4v) is 4.30. The average molecular weight is 389 g/mol. The van der Waals surface area contributed by atoms with Crippen molar-refractivity contribution in [3.8, 4) is 0 Å². The van der Waals surface area contributed by atoms with Gasteiger partial charge in [-0.3, -0.25) is 4.79 Å². The van der Waals surface area contributed by atoms with Crippen molar-refractivity contribution in [2.75, 3.05) is 6.54 Å². The first kappa shape index (κ1) is 17.6. The highest BCUT2D eigenvalue weighted by Gasteiger charge is 2.35. The van der Waals surface area contributed by atoms with Gasteiger partial charge in [-0.05, 0) is 42.3 Å². The SMILES string of the molecule is O=C1C(NS(=O)(=O)c2ccc3n[nH]nc3c2)CCN1Cc1ccc(F)cc1. The fraction of sp³-hybridized carbons (Fsp3) is 0.235. The molecule has 1 aliphatic heterocycles. The van der Waals surface area contributed by atoms with Gasteiger partial charge in [0.05, 0.1) is 4.90 Å². The van der Waals surface area contributed by atoms with E-state index in [2.05, 4.69) is 20.1 Å². The van der Waals surface area contributed by atoms with Gasteiger partial charge >= 0.3 is 0 Å². The summed E-state index contributed by atoms with van der Waals surface area (Å²) in [6.07, 6.45) is 0.367. The summed E-state index contributed by atoms with van der Waals surface area (Å²) in [7, 11) is -3.88. The second-order valence-electron chi connectivity index (χ2n) is 6.32. The monoisotopic (exact) mass is 389 g/mol. The molecule has 1 fully saturated rings. The number of likely N-dealkylation sites (tertiary alicyclic amines) is 1. The van der Waals surface area contributed by atoms with Crippen LogP contribution in [-0.4, -0.2) is 47.2 Å². The maximum atomic E-state index is 13.0. The van der Waals surface area contributed by atoms with Gasteiger partial charge in [0.15, 0.2) is 0 Å². The summed E-state index contributed by atoms with van der Waals surface area (Å²) in [5, 5.41) is 10.2. The summed E-state index contributed by atoms with van der Waals surface area (Å²) >= 11 is 0. The van der Waals surface area contributed by atoms with Gasteiger partial charge in [0.25, 0.3) is 0 Å². The van der Waals surface area contributed by atoms with Crippen molar-refractivity contribution in [1.29, 1.82) is 0 Å². The first-order valence-electron chi connectivity index (χ1n) is 8.28. The largest absolute Gasteiger partial charge is 0.337 e. The third-order valence-corrected chi connectivity index (χ3v) is 5.95. The minimum absolute atomic E-state index is 0.0219. The highest BCUT2D eigenvalue weighted by atomic mass is 32.2. The van der Waals surface area contributed by atoms with E-state index < -0.39 is 16.1 Å². The average Bonchev–Trinajstić information content (AvgIpc) is 3.24. The number of aromatic nitrogens is 3. The van der Waals surface area contributed by atoms with Gasteiger partial charge < -0.3 is 4.90 Å². The van der Waals surface area contributed by atoms with E-state index in [-0.39, 0.29) is 16.6 Å². The van der Waals surface area contributed by atoms with Crippen molar-refractivity contribution in [2.45, 2.75) is 23.9 Å². The first-order valence-corrected chi connectivity index (χ1v) is 9.77. The van der Waals surface area contributed by atoms with Crippen molar-refractivity contribution in [1.82, 2.24) is 25.0 Å². The molecule has 1 aromatic heterocycles. The minimum atomic E-state index is -3.88. The van der Waals surface area contributed by atoms with Crippen molar-refractivity contribution >= 4 is 27.0 Å². The molecule has 0 spiro atoms. The summed E-state index contributed by atoms with van der Waals surface area (Å²) < 4.78 is 40.7. The number of amides is 1. The molecule has 10 heteroatoms. The lowest BCUT2D eigenvalue weighted by Gasteiger charge is -2.17. The molecule has 1 amide bonds. The van der Waals surface area contributed by atoms with Crippen LogP contribution in [0.1, 0.15) is 12.0 Å². The van der Waals surface area contributed by atoms with Crippen LogP contribution in [0.15, 0.2) is 47.4 Å². The quantitative estimate of drug-likeness (QED) is 0.681. The summed E-state index contributed by atoms with van der Waals surface area (Å²) in [5.74, 6) is -0.647. The number of aromatic amines is 1. The molecule has 3 aromatic rings. The van der Waals surface area contributed by atoms with Crippen LogP contribution >= 0.6 is 0 Å². The number of carbonyl (C=O) groups excluding carboxylic acids is 1. The van der Waals surface area contributed by atoms with Crippen LogP contribution in [-0.2, 0) is 21.4 Å². The number of carbonyl (C=O) groups is 1. The van der Waals surface area contributed by atoms with Crippen molar-refractivity contribution in [3.63, 3.8) is 0 Å². The smallest absolute Gasteiger partial charge is 0.241 e. The van der Waals surface area contributed by atoms with Crippen molar-refractivity contribution in [3.05, 3.63) is 53.8 Å². The van der Waals surface area contributed by atoms with E-state index >= 15 is 0 Å². The number of hydrogen-bond acceptors (Lipinski definition) is 5. The molecule has 1 aliphatic rings. The Kier molecular flexibility index (Phi) is 4.36. The number of nitrogens with zero attached hydrogens (tertiary/aromatic N) is 3. The lowest BCUT2D eigenvalue weighted by atomic mass is 10.2. The molecule has 1 unspecified atom stereocenters. The Labute approximate surface area is 154 Å². The standard InChI is InChI=1S/C17H16FN5O3S/c18-12-3-1-11(2-4-12)10-23-8-7-15(17(23)24)21-27(25,26)13-5-6-14-16(9-13)20-22-19-14/h1-6,9,15,21H,7-8,10H2,(H,19,20,22). The molecule has 0 radical (unpaired) electrons. The number of benzene rings is 2. The third kappa shape index (κ3) is 3.53. The molecular weight excluding hydrogens is 373 g/mol. The maximum absolute atomic E-state index is 13.0. The lowest BCUT2D eigenvalue weighted by molar-refractivity contribution is -0.129. The molecule has 0 saturated carbocycles. The third-order valence-electron chi connectivity index (χ3n) is 4.48. The molecule has 4 rings (SSSR count). The molecule has 2 aromatic carbocycles.